The van der Waals surface area contributed by atoms with Gasteiger partial charge in [-0.3, -0.25) is 0 Å². The van der Waals surface area contributed by atoms with Crippen LogP contribution in [0.5, 0.6) is 0 Å². The van der Waals surface area contributed by atoms with Crippen LogP contribution < -0.4 is 5.32 Å². The van der Waals surface area contributed by atoms with Crippen LogP contribution in [-0.4, -0.2) is 11.7 Å². The molecule has 1 N–H and O–H groups in total. The minimum atomic E-state index is -0.500. The number of alkyl carbamates (subject to hydrolysis) is 1. The number of carbonyl (C=O) groups excluding carboxylic acids is 1. The second-order valence-corrected chi connectivity index (χ2v) is 6.56. The van der Waals surface area contributed by atoms with E-state index in [1.807, 2.05) is 39.8 Å². The molecule has 106 valence electrons. The molecular formula is C14H19BrClNO2. The minimum Gasteiger partial charge on any atom is -0.444 e. The Bertz CT molecular complexity index is 457. The van der Waals surface area contributed by atoms with Gasteiger partial charge in [-0.1, -0.05) is 40.5 Å². The number of benzene rings is 1. The smallest absolute Gasteiger partial charge is 0.408 e. The largest absolute Gasteiger partial charge is 0.444 e. The van der Waals surface area contributed by atoms with E-state index in [1.54, 1.807) is 6.07 Å². The predicted octanol–water partition coefficient (Wildman–Crippen LogP) is 5.08. The van der Waals surface area contributed by atoms with Crippen molar-refractivity contribution in [3.05, 3.63) is 33.3 Å². The lowest BCUT2D eigenvalue weighted by atomic mass is 10.1. The maximum atomic E-state index is 11.8. The van der Waals surface area contributed by atoms with E-state index in [2.05, 4.69) is 21.2 Å². The molecule has 5 heteroatoms. The number of ether oxygens (including phenoxy) is 1. The van der Waals surface area contributed by atoms with E-state index in [0.29, 0.717) is 5.02 Å². The molecule has 0 bridgehead atoms. The Kier molecular flexibility index (Phi) is 5.68. The van der Waals surface area contributed by atoms with Crippen LogP contribution in [0.2, 0.25) is 5.02 Å². The van der Waals surface area contributed by atoms with E-state index in [0.717, 1.165) is 16.5 Å². The number of rotatable bonds is 3. The highest BCUT2D eigenvalue weighted by Gasteiger charge is 2.20. The van der Waals surface area contributed by atoms with Gasteiger partial charge in [-0.2, -0.15) is 0 Å². The molecule has 0 aromatic heterocycles. The number of nitrogens with one attached hydrogen (secondary N) is 1. The second kappa shape index (κ2) is 6.62. The van der Waals surface area contributed by atoms with E-state index in [-0.39, 0.29) is 6.04 Å². The van der Waals surface area contributed by atoms with Crippen molar-refractivity contribution in [2.75, 3.05) is 0 Å². The molecule has 0 aliphatic carbocycles. The average Bonchev–Trinajstić information content (AvgIpc) is 2.24. The van der Waals surface area contributed by atoms with Crippen molar-refractivity contribution in [2.45, 2.75) is 45.8 Å². The Morgan fingerprint density at radius 3 is 2.58 bits per heavy atom. The van der Waals surface area contributed by atoms with Gasteiger partial charge in [0.1, 0.15) is 5.60 Å². The molecule has 0 heterocycles. The predicted molar refractivity (Wildman–Crippen MR) is 81.6 cm³/mol. The molecule has 0 spiro atoms. The summed E-state index contributed by atoms with van der Waals surface area (Å²) in [5.41, 5.74) is 0.484. The Morgan fingerprint density at radius 2 is 2.11 bits per heavy atom. The summed E-state index contributed by atoms with van der Waals surface area (Å²) in [4.78, 5) is 11.8. The quantitative estimate of drug-likeness (QED) is 0.827. The first-order valence-electron chi connectivity index (χ1n) is 6.17. The molecule has 0 fully saturated rings. The van der Waals surface area contributed by atoms with E-state index >= 15 is 0 Å². The molecule has 1 amide bonds. The van der Waals surface area contributed by atoms with Gasteiger partial charge in [0, 0.05) is 9.50 Å². The molecule has 0 aliphatic heterocycles. The van der Waals surface area contributed by atoms with Gasteiger partial charge in [0.05, 0.1) is 6.04 Å². The van der Waals surface area contributed by atoms with Crippen molar-refractivity contribution in [2.24, 2.45) is 0 Å². The first-order chi connectivity index (χ1) is 8.73. The third-order valence-electron chi connectivity index (χ3n) is 2.44. The van der Waals surface area contributed by atoms with Gasteiger partial charge in [-0.25, -0.2) is 4.79 Å². The molecule has 0 saturated heterocycles. The third kappa shape index (κ3) is 5.41. The van der Waals surface area contributed by atoms with Crippen LogP contribution in [0.15, 0.2) is 22.7 Å². The number of hydrogen-bond donors (Lipinski definition) is 1. The van der Waals surface area contributed by atoms with Gasteiger partial charge in [-0.05, 0) is 44.9 Å². The molecule has 1 aromatic rings. The fraction of sp³-hybridized carbons (Fsp3) is 0.500. The van der Waals surface area contributed by atoms with Gasteiger partial charge in [0.2, 0.25) is 0 Å². The van der Waals surface area contributed by atoms with Crippen LogP contribution in [0, 0.1) is 0 Å². The summed E-state index contributed by atoms with van der Waals surface area (Å²) in [5, 5.41) is 3.52. The lowest BCUT2D eigenvalue weighted by molar-refractivity contribution is 0.0502. The number of halogens is 2. The van der Waals surface area contributed by atoms with Crippen molar-refractivity contribution in [3.8, 4) is 0 Å². The molecule has 1 rings (SSSR count). The van der Waals surface area contributed by atoms with Gasteiger partial charge in [-0.15, -0.1) is 0 Å². The van der Waals surface area contributed by atoms with Crippen LogP contribution in [0.4, 0.5) is 4.79 Å². The SMILES string of the molecule is CC[C@H](NC(=O)OC(C)(C)C)c1ccc(Cl)cc1Br. The van der Waals surface area contributed by atoms with Crippen molar-refractivity contribution in [1.29, 1.82) is 0 Å². The number of carbonyl (C=O) groups is 1. The molecule has 3 nitrogen and oxygen atoms in total. The highest BCUT2D eigenvalue weighted by atomic mass is 79.9. The van der Waals surface area contributed by atoms with Crippen molar-refractivity contribution >= 4 is 33.6 Å². The summed E-state index contributed by atoms with van der Waals surface area (Å²) < 4.78 is 6.14. The minimum absolute atomic E-state index is 0.110. The van der Waals surface area contributed by atoms with E-state index in [4.69, 9.17) is 16.3 Å². The normalized spacial score (nSPS) is 12.9. The monoisotopic (exact) mass is 347 g/mol. The summed E-state index contributed by atoms with van der Waals surface area (Å²) in [6.45, 7) is 7.52. The molecule has 0 aliphatic rings. The zero-order chi connectivity index (χ0) is 14.6. The van der Waals surface area contributed by atoms with Crippen molar-refractivity contribution in [1.82, 2.24) is 5.32 Å². The maximum absolute atomic E-state index is 11.8. The lowest BCUT2D eigenvalue weighted by Crippen LogP contribution is -2.34. The van der Waals surface area contributed by atoms with Gasteiger partial charge in [0.25, 0.3) is 0 Å². The first kappa shape index (κ1) is 16.3. The van der Waals surface area contributed by atoms with Crippen LogP contribution >= 0.6 is 27.5 Å². The van der Waals surface area contributed by atoms with Crippen molar-refractivity contribution in [3.63, 3.8) is 0 Å². The molecule has 19 heavy (non-hydrogen) atoms. The average molecular weight is 349 g/mol. The van der Waals surface area contributed by atoms with Gasteiger partial charge in [0.15, 0.2) is 0 Å². The summed E-state index contributed by atoms with van der Waals surface area (Å²) in [6.07, 6.45) is 0.348. The first-order valence-corrected chi connectivity index (χ1v) is 7.34. The summed E-state index contributed by atoms with van der Waals surface area (Å²) in [6, 6.07) is 5.41. The highest BCUT2D eigenvalue weighted by molar-refractivity contribution is 9.10. The fourth-order valence-electron chi connectivity index (χ4n) is 1.63. The van der Waals surface area contributed by atoms with Crippen LogP contribution in [0.1, 0.15) is 45.7 Å². The van der Waals surface area contributed by atoms with Gasteiger partial charge >= 0.3 is 6.09 Å². The molecule has 1 aromatic carbocycles. The zero-order valence-corrected chi connectivity index (χ0v) is 13.9. The topological polar surface area (TPSA) is 38.3 Å². The Hall–Kier alpha value is -0.740. The molecule has 0 radical (unpaired) electrons. The summed E-state index contributed by atoms with van der Waals surface area (Å²) in [7, 11) is 0. The molecule has 0 unspecified atom stereocenters. The molecular weight excluding hydrogens is 330 g/mol. The molecule has 1 atom stereocenters. The highest BCUT2D eigenvalue weighted by Crippen LogP contribution is 2.28. The summed E-state index contributed by atoms with van der Waals surface area (Å²) in [5.74, 6) is 0. The number of hydrogen-bond acceptors (Lipinski definition) is 2. The van der Waals surface area contributed by atoms with E-state index in [9.17, 15) is 4.79 Å². The second-order valence-electron chi connectivity index (χ2n) is 5.27. The zero-order valence-electron chi connectivity index (χ0n) is 11.6. The Labute approximate surface area is 127 Å². The van der Waals surface area contributed by atoms with Crippen LogP contribution in [-0.2, 0) is 4.74 Å². The van der Waals surface area contributed by atoms with Gasteiger partial charge < -0.3 is 10.1 Å². The fourth-order valence-corrected chi connectivity index (χ4v) is 2.59. The standard InChI is InChI=1S/C14H19BrClNO2/c1-5-12(17-13(18)19-14(2,3)4)10-7-6-9(16)8-11(10)15/h6-8,12H,5H2,1-4H3,(H,17,18)/t12-/m0/s1. The van der Waals surface area contributed by atoms with Crippen LogP contribution in [0.25, 0.3) is 0 Å². The van der Waals surface area contributed by atoms with E-state index < -0.39 is 11.7 Å². The lowest BCUT2D eigenvalue weighted by Gasteiger charge is -2.23. The Morgan fingerprint density at radius 1 is 1.47 bits per heavy atom. The number of amides is 1. The Balaban J connectivity index is 2.81. The van der Waals surface area contributed by atoms with Crippen LogP contribution in [0.3, 0.4) is 0 Å². The van der Waals surface area contributed by atoms with E-state index in [1.165, 1.54) is 0 Å². The summed E-state index contributed by atoms with van der Waals surface area (Å²) >= 11 is 9.38. The maximum Gasteiger partial charge on any atom is 0.408 e. The molecule has 0 saturated carbocycles. The third-order valence-corrected chi connectivity index (χ3v) is 3.36. The van der Waals surface area contributed by atoms with Crippen molar-refractivity contribution < 1.29 is 9.53 Å².